The molecule has 1 aliphatic heterocycles. The molecule has 0 radical (unpaired) electrons. The van der Waals surface area contributed by atoms with Crippen LogP contribution >= 0.6 is 11.3 Å². The molecule has 3 N–H and O–H groups in total. The minimum Gasteiger partial charge on any atom is -0.488 e. The zero-order chi connectivity index (χ0) is 29.4. The quantitative estimate of drug-likeness (QED) is 0.201. The number of anilines is 2. The first-order chi connectivity index (χ1) is 19.4. The maximum Gasteiger partial charge on any atom is 0.393 e. The highest BCUT2D eigenvalue weighted by molar-refractivity contribution is 7.91. The molecule has 3 atom stereocenters. The van der Waals surface area contributed by atoms with Crippen LogP contribution in [0.15, 0.2) is 41.3 Å². The van der Waals surface area contributed by atoms with Crippen LogP contribution in [0.25, 0.3) is 10.1 Å². The van der Waals surface area contributed by atoms with Crippen LogP contribution in [0.4, 0.5) is 28.9 Å². The number of alkyl halides is 4. The molecule has 1 saturated carbocycles. The van der Waals surface area contributed by atoms with E-state index < -0.39 is 34.5 Å². The van der Waals surface area contributed by atoms with E-state index in [1.807, 2.05) is 11.9 Å². The fourth-order valence-corrected chi connectivity index (χ4v) is 6.63. The fourth-order valence-electron chi connectivity index (χ4n) is 4.80. The van der Waals surface area contributed by atoms with Gasteiger partial charge in [-0.2, -0.15) is 13.2 Å². The zero-order valence-electron chi connectivity index (χ0n) is 22.7. The summed E-state index contributed by atoms with van der Waals surface area (Å²) < 4.78 is 82.1. The topological polar surface area (TPSA) is 77.5 Å². The number of ether oxygens (including phenoxy) is 1. The monoisotopic (exact) mass is 608 g/mol. The van der Waals surface area contributed by atoms with Crippen LogP contribution in [0, 0.1) is 16.6 Å². The summed E-state index contributed by atoms with van der Waals surface area (Å²) in [5, 5.41) is 6.85. The second kappa shape index (κ2) is 11.7. The van der Waals surface area contributed by atoms with Crippen molar-refractivity contribution in [3.63, 3.8) is 0 Å². The normalized spacial score (nSPS) is 21.1. The first kappa shape index (κ1) is 29.5. The maximum atomic E-state index is 14.7. The number of thiophene rings is 1. The fraction of sp³-hybridized carbons (Fsp3) is 0.448. The van der Waals surface area contributed by atoms with Crippen LogP contribution in [-0.4, -0.2) is 66.5 Å². The molecule has 2 heterocycles. The number of likely N-dealkylation sites (tertiary alicyclic amines) is 1. The lowest BCUT2D eigenvalue weighted by atomic mass is 10.0. The Labute approximate surface area is 241 Å². The number of halogens is 4. The zero-order valence-corrected chi connectivity index (χ0v) is 24.4. The van der Waals surface area contributed by atoms with Gasteiger partial charge in [-0.05, 0) is 61.5 Å². The van der Waals surface area contributed by atoms with Crippen molar-refractivity contribution in [1.82, 2.24) is 4.90 Å². The molecule has 0 bridgehead atoms. The maximum absolute atomic E-state index is 14.7. The van der Waals surface area contributed by atoms with E-state index >= 15 is 0 Å². The van der Waals surface area contributed by atoms with Gasteiger partial charge in [-0.3, -0.25) is 0 Å². The molecule has 220 valence electrons. The molecule has 2 aliphatic rings. The van der Waals surface area contributed by atoms with E-state index in [4.69, 9.17) is 9.52 Å². The lowest BCUT2D eigenvalue weighted by Crippen LogP contribution is -2.46. The molecule has 1 aliphatic carbocycles. The van der Waals surface area contributed by atoms with Gasteiger partial charge in [0.1, 0.15) is 11.9 Å². The van der Waals surface area contributed by atoms with Crippen molar-refractivity contribution < 1.29 is 26.5 Å². The highest BCUT2D eigenvalue weighted by Gasteiger charge is 2.32. The van der Waals surface area contributed by atoms with Crippen LogP contribution in [0.2, 0.25) is 0 Å². The number of nitrogens with zero attached hydrogens (tertiary/aromatic N) is 1. The van der Waals surface area contributed by atoms with Gasteiger partial charge in [-0.25, -0.2) is 13.4 Å². The molecule has 2 aromatic carbocycles. The van der Waals surface area contributed by atoms with E-state index in [0.717, 1.165) is 19.4 Å². The number of nitrogens with one attached hydrogen (secondary N) is 3. The predicted octanol–water partition coefficient (Wildman–Crippen LogP) is 6.50. The van der Waals surface area contributed by atoms with E-state index in [1.165, 1.54) is 17.6 Å². The van der Waals surface area contributed by atoms with Gasteiger partial charge in [0.05, 0.1) is 60.7 Å². The smallest absolute Gasteiger partial charge is 0.393 e. The summed E-state index contributed by atoms with van der Waals surface area (Å²) in [5.41, 5.74) is 1.34. The second-order valence-electron chi connectivity index (χ2n) is 10.7. The molecule has 3 aromatic rings. The summed E-state index contributed by atoms with van der Waals surface area (Å²) >= 11 is 1.18. The van der Waals surface area contributed by atoms with Gasteiger partial charge in [0.25, 0.3) is 0 Å². The molecular formula is C29H32F4N4O2S2. The van der Waals surface area contributed by atoms with Crippen LogP contribution < -0.4 is 15.4 Å². The molecule has 2 fully saturated rings. The number of piperidine rings is 1. The summed E-state index contributed by atoms with van der Waals surface area (Å²) in [6.45, 7) is 1.17. The Balaban J connectivity index is 1.40. The van der Waals surface area contributed by atoms with E-state index in [1.54, 1.807) is 36.4 Å². The van der Waals surface area contributed by atoms with E-state index in [-0.39, 0.29) is 18.2 Å². The number of benzene rings is 2. The summed E-state index contributed by atoms with van der Waals surface area (Å²) in [7, 11) is -1.06. The van der Waals surface area contributed by atoms with Crippen molar-refractivity contribution in [3.05, 3.63) is 46.8 Å². The Morgan fingerprint density at radius 1 is 1.20 bits per heavy atom. The Kier molecular flexibility index (Phi) is 8.41. The van der Waals surface area contributed by atoms with Gasteiger partial charge < -0.3 is 20.3 Å². The summed E-state index contributed by atoms with van der Waals surface area (Å²) in [6.07, 6.45) is -2.77. The first-order valence-electron chi connectivity index (χ1n) is 13.3. The van der Waals surface area contributed by atoms with Crippen molar-refractivity contribution in [3.8, 4) is 17.6 Å². The molecule has 5 rings (SSSR count). The Morgan fingerprint density at radius 3 is 2.66 bits per heavy atom. The predicted molar refractivity (Wildman–Crippen MR) is 157 cm³/mol. The number of fused-ring (bicyclic) bond motifs is 1. The minimum absolute atomic E-state index is 0.0731. The molecule has 1 aromatic heterocycles. The third kappa shape index (κ3) is 7.45. The van der Waals surface area contributed by atoms with Crippen LogP contribution in [0.5, 0.6) is 5.75 Å². The molecule has 0 spiro atoms. The van der Waals surface area contributed by atoms with Crippen molar-refractivity contribution in [2.75, 3.05) is 43.6 Å². The minimum atomic E-state index is -4.42. The van der Waals surface area contributed by atoms with Crippen molar-refractivity contribution >= 4 is 42.5 Å². The Hall–Kier alpha value is -3.01. The Bertz CT molecular complexity index is 1590. The molecule has 0 amide bonds. The molecular weight excluding hydrogens is 576 g/mol. The van der Waals surface area contributed by atoms with Gasteiger partial charge in [-0.15, -0.1) is 11.3 Å². The number of hydrogen-bond acceptors (Lipinski definition) is 7. The first-order valence-corrected chi connectivity index (χ1v) is 16.1. The second-order valence-corrected chi connectivity index (χ2v) is 13.9. The largest absolute Gasteiger partial charge is 0.488 e. The van der Waals surface area contributed by atoms with Crippen molar-refractivity contribution in [2.24, 2.45) is 0 Å². The van der Waals surface area contributed by atoms with E-state index in [9.17, 15) is 21.8 Å². The van der Waals surface area contributed by atoms with Gasteiger partial charge in [-0.1, -0.05) is 24.0 Å². The van der Waals surface area contributed by atoms with Crippen molar-refractivity contribution in [1.29, 1.82) is 4.78 Å². The van der Waals surface area contributed by atoms with Crippen LogP contribution in [0.3, 0.4) is 0 Å². The number of hydrogen-bond donors (Lipinski definition) is 3. The third-order valence-electron chi connectivity index (χ3n) is 7.07. The van der Waals surface area contributed by atoms with Crippen LogP contribution in [0.1, 0.15) is 29.7 Å². The average Bonchev–Trinajstić information content (AvgIpc) is 3.64. The lowest BCUT2D eigenvalue weighted by Gasteiger charge is -2.33. The molecule has 1 saturated heterocycles. The summed E-state index contributed by atoms with van der Waals surface area (Å²) in [5.74, 6) is 6.34. The lowest BCUT2D eigenvalue weighted by molar-refractivity contribution is -0.126. The van der Waals surface area contributed by atoms with Gasteiger partial charge in [0.15, 0.2) is 0 Å². The third-order valence-corrected chi connectivity index (χ3v) is 9.42. The standard InChI is InChI=1S/C29H32F4N4O2S2/c1-37-14-12-23(22(30)17-37)36-25-6-3-5-20-21(16-29(31,32)33)27(40-28(20)25)7-4-13-35-24-11-10-19(41(2,34)38)15-26(24)39-18-8-9-18/h3,5-6,10-11,15,18,22-23,34-36H,8-9,12-14,16-17H2,1-2H3/t22?,23-,41?/m1/s1. The summed E-state index contributed by atoms with van der Waals surface area (Å²) in [4.78, 5) is 2.60. The van der Waals surface area contributed by atoms with Crippen LogP contribution in [-0.2, 0) is 16.1 Å². The summed E-state index contributed by atoms with van der Waals surface area (Å²) in [6, 6.07) is 9.57. The average molecular weight is 609 g/mol. The number of rotatable bonds is 8. The highest BCUT2D eigenvalue weighted by atomic mass is 32.2. The van der Waals surface area contributed by atoms with E-state index in [2.05, 4.69) is 22.5 Å². The molecule has 12 heteroatoms. The van der Waals surface area contributed by atoms with Crippen molar-refractivity contribution in [2.45, 2.75) is 55.1 Å². The molecule has 41 heavy (non-hydrogen) atoms. The highest BCUT2D eigenvalue weighted by Crippen LogP contribution is 2.40. The van der Waals surface area contributed by atoms with Gasteiger partial charge in [0, 0.05) is 19.3 Å². The molecule has 6 nitrogen and oxygen atoms in total. The SMILES string of the molecule is CN1CC[C@@H](Nc2cccc3c(CC(F)(F)F)c(C#CCNc4ccc(S(C)(=N)=O)cc4OC4CC4)sc23)C(F)C1. The Morgan fingerprint density at radius 2 is 1.98 bits per heavy atom. The molecule has 2 unspecified atom stereocenters. The van der Waals surface area contributed by atoms with Gasteiger partial charge in [0.2, 0.25) is 0 Å². The van der Waals surface area contributed by atoms with Gasteiger partial charge >= 0.3 is 6.18 Å². The van der Waals surface area contributed by atoms with E-state index in [0.29, 0.717) is 49.9 Å².